The molecule has 0 aliphatic carbocycles. The molecule has 0 fully saturated rings. The maximum Gasteiger partial charge on any atom is 0.416 e. The van der Waals surface area contributed by atoms with Crippen molar-refractivity contribution in [3.63, 3.8) is 0 Å². The third kappa shape index (κ3) is 6.22. The van der Waals surface area contributed by atoms with E-state index in [9.17, 15) is 18.0 Å². The van der Waals surface area contributed by atoms with E-state index in [2.05, 4.69) is 41.0 Å². The molecular weight excluding hydrogens is 543 g/mol. The Morgan fingerprint density at radius 3 is 2.40 bits per heavy atom. The molecule has 0 saturated carbocycles. The van der Waals surface area contributed by atoms with Gasteiger partial charge in [0.1, 0.15) is 11.4 Å². The topological polar surface area (TPSA) is 83.1 Å². The van der Waals surface area contributed by atoms with Gasteiger partial charge < -0.3 is 19.9 Å². The van der Waals surface area contributed by atoms with E-state index in [4.69, 9.17) is 4.74 Å². The maximum absolute atomic E-state index is 13.4. The Hall–Kier alpha value is -4.86. The van der Waals surface area contributed by atoms with E-state index in [1.54, 1.807) is 37.5 Å². The van der Waals surface area contributed by atoms with Gasteiger partial charge >= 0.3 is 6.18 Å². The average molecular weight is 574 g/mol. The third-order valence-corrected chi connectivity index (χ3v) is 6.72. The van der Waals surface area contributed by atoms with Crippen LogP contribution in [0.2, 0.25) is 0 Å². The Morgan fingerprint density at radius 2 is 1.69 bits per heavy atom. The smallest absolute Gasteiger partial charge is 0.416 e. The number of para-hydroxylation sites is 2. The second-order valence-corrected chi connectivity index (χ2v) is 11.0. The van der Waals surface area contributed by atoms with E-state index in [-0.39, 0.29) is 17.9 Å². The van der Waals surface area contributed by atoms with Crippen LogP contribution in [0.4, 0.5) is 24.8 Å². The Morgan fingerprint density at radius 1 is 0.952 bits per heavy atom. The Labute approximate surface area is 241 Å². The lowest BCUT2D eigenvalue weighted by Crippen LogP contribution is -2.26. The molecule has 0 aliphatic heterocycles. The first-order valence-electron chi connectivity index (χ1n) is 13.3. The number of pyridine rings is 1. The molecule has 5 rings (SSSR count). The van der Waals surface area contributed by atoms with Crippen LogP contribution in [-0.4, -0.2) is 32.8 Å². The van der Waals surface area contributed by atoms with Gasteiger partial charge in [0.25, 0.3) is 5.91 Å². The summed E-state index contributed by atoms with van der Waals surface area (Å²) in [6.07, 6.45) is -2.77. The summed E-state index contributed by atoms with van der Waals surface area (Å²) in [6.45, 7) is 6.47. The summed E-state index contributed by atoms with van der Waals surface area (Å²) < 4.78 is 45.0. The van der Waals surface area contributed by atoms with Crippen molar-refractivity contribution in [3.05, 3.63) is 107 Å². The number of amides is 1. The highest BCUT2D eigenvalue weighted by Crippen LogP contribution is 2.36. The van der Waals surface area contributed by atoms with Crippen LogP contribution in [0, 0.1) is 0 Å². The van der Waals surface area contributed by atoms with Crippen molar-refractivity contribution in [1.29, 1.82) is 0 Å². The SMILES string of the molecule is CN(Cc1ccc(C(F)(F)F)cc1)C(=O)c1cccc2nc(Nc3cccnc3Oc3ccccc3C(C)(C)C)[nH]c12. The zero-order chi connectivity index (χ0) is 30.1. The normalized spacial score (nSPS) is 11.9. The predicted octanol–water partition coefficient (Wildman–Crippen LogP) is 8.08. The second kappa shape index (κ2) is 11.2. The Kier molecular flexibility index (Phi) is 7.64. The zero-order valence-electron chi connectivity index (χ0n) is 23.6. The fourth-order valence-electron chi connectivity index (χ4n) is 4.59. The average Bonchev–Trinajstić information content (AvgIpc) is 3.36. The van der Waals surface area contributed by atoms with Gasteiger partial charge in [0.15, 0.2) is 0 Å². The number of ether oxygens (including phenoxy) is 1. The van der Waals surface area contributed by atoms with Crippen LogP contribution < -0.4 is 10.1 Å². The first kappa shape index (κ1) is 28.7. The number of rotatable bonds is 7. The molecule has 7 nitrogen and oxygen atoms in total. The number of benzene rings is 3. The highest BCUT2D eigenvalue weighted by atomic mass is 19.4. The number of halogens is 3. The van der Waals surface area contributed by atoms with Crippen molar-refractivity contribution in [1.82, 2.24) is 19.9 Å². The quantitative estimate of drug-likeness (QED) is 0.206. The number of imidazole rings is 1. The van der Waals surface area contributed by atoms with Crippen molar-refractivity contribution in [3.8, 4) is 11.6 Å². The molecule has 0 unspecified atom stereocenters. The summed E-state index contributed by atoms with van der Waals surface area (Å²) in [5, 5.41) is 3.22. The lowest BCUT2D eigenvalue weighted by atomic mass is 9.86. The molecule has 2 aromatic heterocycles. The van der Waals surface area contributed by atoms with Gasteiger partial charge in [-0.05, 0) is 53.4 Å². The first-order valence-corrected chi connectivity index (χ1v) is 13.3. The van der Waals surface area contributed by atoms with Crippen molar-refractivity contribution < 1.29 is 22.7 Å². The van der Waals surface area contributed by atoms with Gasteiger partial charge in [0.2, 0.25) is 11.8 Å². The minimum absolute atomic E-state index is 0.138. The number of H-pyrrole nitrogens is 1. The molecule has 0 spiro atoms. The number of aromatic amines is 1. The fourth-order valence-corrected chi connectivity index (χ4v) is 4.59. The first-order chi connectivity index (χ1) is 19.9. The number of anilines is 2. The van der Waals surface area contributed by atoms with Crippen LogP contribution in [-0.2, 0) is 18.1 Å². The van der Waals surface area contributed by atoms with E-state index in [0.29, 0.717) is 45.4 Å². The largest absolute Gasteiger partial charge is 0.437 e. The Bertz CT molecular complexity index is 1720. The van der Waals surface area contributed by atoms with Gasteiger partial charge in [-0.2, -0.15) is 13.2 Å². The molecule has 0 atom stereocenters. The van der Waals surface area contributed by atoms with Crippen LogP contribution in [0.1, 0.15) is 47.8 Å². The molecule has 216 valence electrons. The zero-order valence-corrected chi connectivity index (χ0v) is 23.6. The summed E-state index contributed by atoms with van der Waals surface area (Å²) in [5.41, 5.74) is 2.79. The molecule has 0 aliphatic rings. The number of alkyl halides is 3. The number of carbonyl (C=O) groups excluding carboxylic acids is 1. The fraction of sp³-hybridized carbons (Fsp3) is 0.219. The van der Waals surface area contributed by atoms with E-state index in [1.807, 2.05) is 30.3 Å². The Balaban J connectivity index is 1.37. The molecule has 1 amide bonds. The lowest BCUT2D eigenvalue weighted by Gasteiger charge is -2.22. The number of nitrogens with one attached hydrogen (secondary N) is 2. The highest BCUT2D eigenvalue weighted by molar-refractivity contribution is 6.05. The molecule has 3 aromatic carbocycles. The summed E-state index contributed by atoms with van der Waals surface area (Å²) >= 11 is 0. The van der Waals surface area contributed by atoms with E-state index in [1.165, 1.54) is 17.0 Å². The molecule has 0 saturated heterocycles. The van der Waals surface area contributed by atoms with Crippen LogP contribution >= 0.6 is 0 Å². The van der Waals surface area contributed by atoms with E-state index >= 15 is 0 Å². The maximum atomic E-state index is 13.4. The summed E-state index contributed by atoms with van der Waals surface area (Å²) in [4.78, 5) is 27.0. The predicted molar refractivity (Wildman–Crippen MR) is 156 cm³/mol. The van der Waals surface area contributed by atoms with Crippen LogP contribution in [0.25, 0.3) is 11.0 Å². The van der Waals surface area contributed by atoms with Gasteiger partial charge in [-0.25, -0.2) is 9.97 Å². The van der Waals surface area contributed by atoms with Crippen molar-refractivity contribution in [2.45, 2.75) is 38.9 Å². The molecule has 10 heteroatoms. The molecule has 2 heterocycles. The number of carbonyl (C=O) groups is 1. The molecule has 2 N–H and O–H groups in total. The summed E-state index contributed by atoms with van der Waals surface area (Å²) in [6, 6.07) is 21.4. The highest BCUT2D eigenvalue weighted by Gasteiger charge is 2.30. The lowest BCUT2D eigenvalue weighted by molar-refractivity contribution is -0.137. The number of hydrogen-bond acceptors (Lipinski definition) is 5. The third-order valence-electron chi connectivity index (χ3n) is 6.72. The van der Waals surface area contributed by atoms with Gasteiger partial charge in [-0.3, -0.25) is 4.79 Å². The van der Waals surface area contributed by atoms with Crippen LogP contribution in [0.15, 0.2) is 85.1 Å². The monoisotopic (exact) mass is 573 g/mol. The minimum Gasteiger partial charge on any atom is -0.437 e. The molecule has 5 aromatic rings. The summed E-state index contributed by atoms with van der Waals surface area (Å²) in [7, 11) is 1.60. The van der Waals surface area contributed by atoms with Gasteiger partial charge in [-0.1, -0.05) is 57.2 Å². The molecule has 0 radical (unpaired) electrons. The van der Waals surface area contributed by atoms with Crippen LogP contribution in [0.3, 0.4) is 0 Å². The molecule has 0 bridgehead atoms. The number of aromatic nitrogens is 3. The summed E-state index contributed by atoms with van der Waals surface area (Å²) in [5.74, 6) is 1.14. The van der Waals surface area contributed by atoms with Crippen molar-refractivity contribution in [2.24, 2.45) is 0 Å². The molecule has 42 heavy (non-hydrogen) atoms. The standard InChI is InChI=1S/C32H30F3N5O2/c1-31(2,3)23-10-5-6-13-26(23)42-28-25(12-8-18-36-28)38-30-37-24-11-7-9-22(27(24)39-30)29(41)40(4)19-20-14-16-21(17-15-20)32(33,34)35/h5-18H,19H2,1-4H3,(H2,37,38,39). The van der Waals surface area contributed by atoms with Gasteiger partial charge in [0.05, 0.1) is 22.2 Å². The number of fused-ring (bicyclic) bond motifs is 1. The number of hydrogen-bond donors (Lipinski definition) is 2. The van der Waals surface area contributed by atoms with Crippen molar-refractivity contribution >= 4 is 28.6 Å². The number of nitrogens with zero attached hydrogens (tertiary/aromatic N) is 3. The van der Waals surface area contributed by atoms with Crippen LogP contribution in [0.5, 0.6) is 11.6 Å². The van der Waals surface area contributed by atoms with Gasteiger partial charge in [0, 0.05) is 25.4 Å². The molecular formula is C32H30F3N5O2. The van der Waals surface area contributed by atoms with Crippen molar-refractivity contribution in [2.75, 3.05) is 12.4 Å². The van der Waals surface area contributed by atoms with E-state index < -0.39 is 11.7 Å². The second-order valence-electron chi connectivity index (χ2n) is 11.0. The van der Waals surface area contributed by atoms with E-state index in [0.717, 1.165) is 17.7 Å². The minimum atomic E-state index is -4.41. The van der Waals surface area contributed by atoms with Gasteiger partial charge in [-0.15, -0.1) is 0 Å².